The molecule has 0 amide bonds. The molecule has 0 bridgehead atoms. The van der Waals surface area contributed by atoms with Crippen molar-refractivity contribution in [2.24, 2.45) is 11.8 Å². The quantitative estimate of drug-likeness (QED) is 0.503. The molecule has 2 rings (SSSR count). The highest BCUT2D eigenvalue weighted by Gasteiger charge is 2.31. The van der Waals surface area contributed by atoms with Crippen molar-refractivity contribution < 1.29 is 4.18 Å². The van der Waals surface area contributed by atoms with Gasteiger partial charge in [-0.2, -0.15) is 0 Å². The average Bonchev–Trinajstić information content (AvgIpc) is 2.18. The van der Waals surface area contributed by atoms with E-state index in [1.165, 1.54) is 45.2 Å². The third kappa shape index (κ3) is 2.39. The molecule has 13 heavy (non-hydrogen) atoms. The van der Waals surface area contributed by atoms with Crippen molar-refractivity contribution in [1.29, 1.82) is 0 Å². The summed E-state index contributed by atoms with van der Waals surface area (Å²) in [5, 5.41) is 0. The van der Waals surface area contributed by atoms with Crippen LogP contribution in [0.25, 0.3) is 0 Å². The zero-order chi connectivity index (χ0) is 9.10. The zero-order valence-electron chi connectivity index (χ0n) is 8.37. The number of hydrogen-bond donors (Lipinski definition) is 0. The predicted molar refractivity (Wildman–Crippen MR) is 56.2 cm³/mol. The molecular formula is C10H19NOS. The summed E-state index contributed by atoms with van der Waals surface area (Å²) in [6.07, 6.45) is 7.24. The van der Waals surface area contributed by atoms with Gasteiger partial charge in [0.1, 0.15) is 0 Å². The van der Waals surface area contributed by atoms with Gasteiger partial charge in [-0.25, -0.2) is 4.31 Å². The van der Waals surface area contributed by atoms with E-state index in [1.807, 2.05) is 0 Å². The van der Waals surface area contributed by atoms with Crippen LogP contribution in [0.15, 0.2) is 0 Å². The molecule has 1 aliphatic heterocycles. The smallest absolute Gasteiger partial charge is 0.0816 e. The van der Waals surface area contributed by atoms with Crippen molar-refractivity contribution in [3.8, 4) is 0 Å². The summed E-state index contributed by atoms with van der Waals surface area (Å²) in [4.78, 5) is 0. The summed E-state index contributed by atoms with van der Waals surface area (Å²) >= 11 is 1.54. The van der Waals surface area contributed by atoms with Crippen LogP contribution in [0.3, 0.4) is 0 Å². The molecule has 2 fully saturated rings. The van der Waals surface area contributed by atoms with Crippen LogP contribution in [0.5, 0.6) is 0 Å². The molecule has 1 saturated carbocycles. The Morgan fingerprint density at radius 3 is 2.69 bits per heavy atom. The number of piperidine rings is 1. The van der Waals surface area contributed by atoms with Crippen LogP contribution in [-0.4, -0.2) is 24.5 Å². The van der Waals surface area contributed by atoms with Crippen LogP contribution in [0.2, 0.25) is 0 Å². The molecule has 3 heteroatoms. The van der Waals surface area contributed by atoms with E-state index in [4.69, 9.17) is 4.18 Å². The summed E-state index contributed by atoms with van der Waals surface area (Å²) < 4.78 is 7.49. The summed E-state index contributed by atoms with van der Waals surface area (Å²) in [6, 6.07) is 0. The van der Waals surface area contributed by atoms with Gasteiger partial charge < -0.3 is 4.18 Å². The Kier molecular flexibility index (Phi) is 3.52. The van der Waals surface area contributed by atoms with Gasteiger partial charge >= 0.3 is 0 Å². The molecular weight excluding hydrogens is 182 g/mol. The highest BCUT2D eigenvalue weighted by Crippen LogP contribution is 2.37. The van der Waals surface area contributed by atoms with Crippen LogP contribution < -0.4 is 0 Å². The fourth-order valence-corrected chi connectivity index (χ4v) is 3.38. The van der Waals surface area contributed by atoms with Gasteiger partial charge in [0.15, 0.2) is 0 Å². The van der Waals surface area contributed by atoms with Crippen molar-refractivity contribution >= 4 is 12.2 Å². The maximum atomic E-state index is 5.10. The lowest BCUT2D eigenvalue weighted by atomic mass is 9.76. The Balaban J connectivity index is 1.84. The second-order valence-corrected chi connectivity index (χ2v) is 5.22. The first-order valence-corrected chi connectivity index (χ1v) is 6.05. The van der Waals surface area contributed by atoms with Gasteiger partial charge in [-0.15, -0.1) is 0 Å². The van der Waals surface area contributed by atoms with Crippen LogP contribution >= 0.6 is 12.2 Å². The van der Waals surface area contributed by atoms with E-state index in [0.29, 0.717) is 0 Å². The second-order valence-electron chi connectivity index (χ2n) is 4.22. The van der Waals surface area contributed by atoms with E-state index in [1.54, 1.807) is 19.3 Å². The minimum atomic E-state index is 0.963. The molecule has 0 radical (unpaired) electrons. The fraction of sp³-hybridized carbons (Fsp3) is 1.00. The SMILES string of the molecule is COSN1CCC2CCCCC2C1. The molecule has 2 atom stereocenters. The maximum absolute atomic E-state index is 5.10. The molecule has 1 saturated heterocycles. The van der Waals surface area contributed by atoms with Gasteiger partial charge in [-0.3, -0.25) is 0 Å². The number of nitrogens with zero attached hydrogens (tertiary/aromatic N) is 1. The molecule has 0 N–H and O–H groups in total. The Hall–Kier alpha value is 0.270. The van der Waals surface area contributed by atoms with E-state index in [0.717, 1.165) is 11.8 Å². The predicted octanol–water partition coefficient (Wildman–Crippen LogP) is 2.71. The van der Waals surface area contributed by atoms with E-state index < -0.39 is 0 Å². The number of rotatable bonds is 2. The van der Waals surface area contributed by atoms with E-state index in [9.17, 15) is 0 Å². The molecule has 0 aromatic heterocycles. The first-order chi connectivity index (χ1) is 6.40. The van der Waals surface area contributed by atoms with E-state index >= 15 is 0 Å². The fourth-order valence-electron chi connectivity index (χ4n) is 2.74. The average molecular weight is 201 g/mol. The Morgan fingerprint density at radius 1 is 1.15 bits per heavy atom. The lowest BCUT2D eigenvalue weighted by molar-refractivity contribution is 0.138. The first kappa shape index (κ1) is 9.81. The van der Waals surface area contributed by atoms with Gasteiger partial charge in [0, 0.05) is 13.1 Å². The molecule has 2 aliphatic rings. The molecule has 1 heterocycles. The molecule has 0 aromatic rings. The van der Waals surface area contributed by atoms with Crippen molar-refractivity contribution in [3.05, 3.63) is 0 Å². The van der Waals surface area contributed by atoms with Crippen molar-refractivity contribution in [2.75, 3.05) is 20.2 Å². The minimum Gasteiger partial charge on any atom is -0.304 e. The number of fused-ring (bicyclic) bond motifs is 1. The third-order valence-corrected chi connectivity index (χ3v) is 4.13. The van der Waals surface area contributed by atoms with Crippen molar-refractivity contribution in [1.82, 2.24) is 4.31 Å². The van der Waals surface area contributed by atoms with Crippen LogP contribution in [0, 0.1) is 11.8 Å². The summed E-state index contributed by atoms with van der Waals surface area (Å²) in [5.41, 5.74) is 0. The van der Waals surface area contributed by atoms with Gasteiger partial charge in [-0.1, -0.05) is 19.3 Å². The standard InChI is InChI=1S/C10H19NOS/c1-12-13-11-7-6-9-4-2-3-5-10(9)8-11/h9-10H,2-8H2,1H3. The summed E-state index contributed by atoms with van der Waals surface area (Å²) in [7, 11) is 1.76. The van der Waals surface area contributed by atoms with Crippen molar-refractivity contribution in [2.45, 2.75) is 32.1 Å². The van der Waals surface area contributed by atoms with E-state index in [-0.39, 0.29) is 0 Å². The number of hydrogen-bond acceptors (Lipinski definition) is 3. The zero-order valence-corrected chi connectivity index (χ0v) is 9.18. The highest BCUT2D eigenvalue weighted by atomic mass is 32.2. The van der Waals surface area contributed by atoms with E-state index in [2.05, 4.69) is 4.31 Å². The Morgan fingerprint density at radius 2 is 1.92 bits per heavy atom. The third-order valence-electron chi connectivity index (χ3n) is 3.43. The second kappa shape index (κ2) is 4.67. The molecule has 0 aromatic carbocycles. The molecule has 1 aliphatic carbocycles. The monoisotopic (exact) mass is 201 g/mol. The van der Waals surface area contributed by atoms with Gasteiger partial charge in [0.2, 0.25) is 0 Å². The molecule has 76 valence electrons. The maximum Gasteiger partial charge on any atom is 0.0816 e. The van der Waals surface area contributed by atoms with Gasteiger partial charge in [0.05, 0.1) is 19.3 Å². The van der Waals surface area contributed by atoms with Gasteiger partial charge in [0.25, 0.3) is 0 Å². The normalized spacial score (nSPS) is 35.8. The van der Waals surface area contributed by atoms with Gasteiger partial charge in [-0.05, 0) is 24.7 Å². The molecule has 0 spiro atoms. The summed E-state index contributed by atoms with van der Waals surface area (Å²) in [5.74, 6) is 1.99. The highest BCUT2D eigenvalue weighted by molar-refractivity contribution is 7.92. The largest absolute Gasteiger partial charge is 0.304 e. The summed E-state index contributed by atoms with van der Waals surface area (Å²) in [6.45, 7) is 2.48. The van der Waals surface area contributed by atoms with Crippen LogP contribution in [0.1, 0.15) is 32.1 Å². The van der Waals surface area contributed by atoms with Crippen molar-refractivity contribution in [3.63, 3.8) is 0 Å². The van der Waals surface area contributed by atoms with Crippen LogP contribution in [-0.2, 0) is 4.18 Å². The lowest BCUT2D eigenvalue weighted by Gasteiger charge is -2.39. The Labute approximate surface area is 85.4 Å². The topological polar surface area (TPSA) is 12.5 Å². The van der Waals surface area contributed by atoms with Crippen LogP contribution in [0.4, 0.5) is 0 Å². The minimum absolute atomic E-state index is 0.963. The molecule has 2 nitrogen and oxygen atoms in total. The molecule has 2 unspecified atom stereocenters. The lowest BCUT2D eigenvalue weighted by Crippen LogP contribution is -2.38. The first-order valence-electron chi connectivity index (χ1n) is 5.36. The Bertz CT molecular complexity index is 165.